The second kappa shape index (κ2) is 44.5. The maximum absolute atomic E-state index is 12.9. The molecule has 0 saturated carbocycles. The maximum atomic E-state index is 12.9. The molecule has 13 heteroatoms. The van der Waals surface area contributed by atoms with E-state index in [4.69, 9.17) is 18.9 Å². The van der Waals surface area contributed by atoms with Gasteiger partial charge in [0.15, 0.2) is 12.4 Å². The highest BCUT2D eigenvalue weighted by molar-refractivity contribution is 7.85. The van der Waals surface area contributed by atoms with Gasteiger partial charge in [-0.25, -0.2) is 0 Å². The fraction of sp³-hybridized carbons (Fsp3) is 0.818. The normalized spacial score (nSPS) is 19.5. The number of ether oxygens (including phenoxy) is 4. The van der Waals surface area contributed by atoms with E-state index in [1.807, 2.05) is 0 Å². The lowest BCUT2D eigenvalue weighted by molar-refractivity contribution is -0.297. The molecule has 0 bridgehead atoms. The van der Waals surface area contributed by atoms with Gasteiger partial charge in [-0.1, -0.05) is 197 Å². The SMILES string of the molecule is CCCCC/C=C/C/C=C/C/C=C/CCCCCCC(=O)O[C@H](COC(=O)CCC/C=C/CCCCCCCCCCCCCCCCCCCC)CO[C@H]1O[C@H](CS(=O)(=O)O)[C@@H](O)C(O)C1O. The number of rotatable bonds is 46. The zero-order valence-electron chi connectivity index (χ0n) is 42.7. The van der Waals surface area contributed by atoms with Gasteiger partial charge in [-0.3, -0.25) is 14.1 Å². The minimum absolute atomic E-state index is 0.133. The summed E-state index contributed by atoms with van der Waals surface area (Å²) in [7, 11) is -4.61. The van der Waals surface area contributed by atoms with E-state index in [2.05, 4.69) is 62.5 Å². The van der Waals surface area contributed by atoms with Crippen LogP contribution in [0, 0.1) is 0 Å². The van der Waals surface area contributed by atoms with Gasteiger partial charge in [-0.2, -0.15) is 8.42 Å². The van der Waals surface area contributed by atoms with Crippen LogP contribution in [0.5, 0.6) is 0 Å². The molecule has 0 aromatic carbocycles. The molecule has 1 rings (SSSR count). The first kappa shape index (κ1) is 63.6. The first-order chi connectivity index (χ1) is 33.0. The van der Waals surface area contributed by atoms with Crippen molar-refractivity contribution in [3.63, 3.8) is 0 Å². The number of carbonyl (C=O) groups is 2. The Morgan fingerprint density at radius 1 is 0.500 bits per heavy atom. The lowest BCUT2D eigenvalue weighted by Gasteiger charge is -2.40. The van der Waals surface area contributed by atoms with Crippen molar-refractivity contribution in [2.75, 3.05) is 19.0 Å². The number of hydrogen-bond donors (Lipinski definition) is 4. The minimum atomic E-state index is -4.61. The third-order valence-electron chi connectivity index (χ3n) is 12.4. The zero-order valence-corrected chi connectivity index (χ0v) is 43.5. The highest BCUT2D eigenvalue weighted by Crippen LogP contribution is 2.24. The highest BCUT2D eigenvalue weighted by Gasteiger charge is 2.46. The van der Waals surface area contributed by atoms with Crippen LogP contribution in [0.1, 0.15) is 232 Å². The summed E-state index contributed by atoms with van der Waals surface area (Å²) >= 11 is 0. The Morgan fingerprint density at radius 3 is 1.40 bits per heavy atom. The van der Waals surface area contributed by atoms with Crippen molar-refractivity contribution >= 4 is 22.1 Å². The van der Waals surface area contributed by atoms with E-state index < -0.39 is 71.2 Å². The molecule has 0 spiro atoms. The Balaban J connectivity index is 2.36. The van der Waals surface area contributed by atoms with E-state index in [0.717, 1.165) is 64.2 Å². The number of hydrogen-bond acceptors (Lipinski definition) is 11. The van der Waals surface area contributed by atoms with Gasteiger partial charge in [0.25, 0.3) is 10.1 Å². The van der Waals surface area contributed by atoms with Gasteiger partial charge in [0.1, 0.15) is 36.8 Å². The molecule has 6 atom stereocenters. The van der Waals surface area contributed by atoms with Gasteiger partial charge in [0.2, 0.25) is 0 Å². The predicted molar refractivity (Wildman–Crippen MR) is 275 cm³/mol. The Kier molecular flexibility index (Phi) is 41.7. The van der Waals surface area contributed by atoms with E-state index in [0.29, 0.717) is 12.8 Å². The maximum Gasteiger partial charge on any atom is 0.306 e. The molecule has 1 aliphatic rings. The highest BCUT2D eigenvalue weighted by atomic mass is 32.2. The van der Waals surface area contributed by atoms with Gasteiger partial charge >= 0.3 is 11.9 Å². The first-order valence-corrected chi connectivity index (χ1v) is 28.8. The number of allylic oxidation sites excluding steroid dienone is 8. The van der Waals surface area contributed by atoms with Crippen LogP contribution in [0.25, 0.3) is 0 Å². The molecule has 2 unspecified atom stereocenters. The van der Waals surface area contributed by atoms with Crippen LogP contribution in [0.3, 0.4) is 0 Å². The van der Waals surface area contributed by atoms with E-state index in [-0.39, 0.29) is 19.4 Å². The summed E-state index contributed by atoms with van der Waals surface area (Å²) in [4.78, 5) is 25.5. The molecule has 0 aromatic rings. The first-order valence-electron chi connectivity index (χ1n) is 27.2. The van der Waals surface area contributed by atoms with Crippen molar-refractivity contribution in [1.82, 2.24) is 0 Å². The predicted octanol–water partition coefficient (Wildman–Crippen LogP) is 12.7. The van der Waals surface area contributed by atoms with E-state index in [9.17, 15) is 37.9 Å². The Morgan fingerprint density at radius 2 is 0.897 bits per heavy atom. The van der Waals surface area contributed by atoms with Crippen molar-refractivity contribution in [1.29, 1.82) is 0 Å². The van der Waals surface area contributed by atoms with Gasteiger partial charge in [0.05, 0.1) is 6.61 Å². The number of aliphatic hydroxyl groups is 3. The van der Waals surface area contributed by atoms with Gasteiger partial charge < -0.3 is 34.3 Å². The minimum Gasteiger partial charge on any atom is -0.462 e. The fourth-order valence-corrected chi connectivity index (χ4v) is 8.85. The van der Waals surface area contributed by atoms with Crippen molar-refractivity contribution < 1.29 is 56.8 Å². The summed E-state index contributed by atoms with van der Waals surface area (Å²) < 4.78 is 54.2. The van der Waals surface area contributed by atoms with Crippen LogP contribution in [0.2, 0.25) is 0 Å². The van der Waals surface area contributed by atoms with Crippen LogP contribution in [-0.2, 0) is 38.7 Å². The summed E-state index contributed by atoms with van der Waals surface area (Å²) in [5, 5.41) is 31.0. The Bertz CT molecular complexity index is 1430. The molecule has 1 heterocycles. The van der Waals surface area contributed by atoms with Crippen LogP contribution in [0.15, 0.2) is 48.6 Å². The molecule has 68 heavy (non-hydrogen) atoms. The van der Waals surface area contributed by atoms with Crippen LogP contribution < -0.4 is 0 Å². The van der Waals surface area contributed by atoms with Crippen molar-refractivity contribution in [2.45, 2.75) is 269 Å². The van der Waals surface area contributed by atoms with E-state index in [1.54, 1.807) is 0 Å². The second-order valence-electron chi connectivity index (χ2n) is 18.9. The third kappa shape index (κ3) is 38.4. The Hall–Kier alpha value is -2.39. The monoisotopic (exact) mass is 983 g/mol. The molecular weight excluding hydrogens is 885 g/mol. The molecule has 0 amide bonds. The fourth-order valence-electron chi connectivity index (χ4n) is 8.16. The van der Waals surface area contributed by atoms with E-state index in [1.165, 1.54) is 128 Å². The number of carbonyl (C=O) groups excluding carboxylic acids is 2. The van der Waals surface area contributed by atoms with Crippen LogP contribution >= 0.6 is 0 Å². The summed E-state index contributed by atoms with van der Waals surface area (Å²) in [5.41, 5.74) is 0. The van der Waals surface area contributed by atoms with Gasteiger partial charge in [0, 0.05) is 12.8 Å². The molecule has 12 nitrogen and oxygen atoms in total. The smallest absolute Gasteiger partial charge is 0.306 e. The molecule has 4 N–H and O–H groups in total. The molecule has 1 fully saturated rings. The summed E-state index contributed by atoms with van der Waals surface area (Å²) in [5.74, 6) is -2.05. The topological polar surface area (TPSA) is 186 Å². The lowest BCUT2D eigenvalue weighted by Crippen LogP contribution is -2.60. The number of aliphatic hydroxyl groups excluding tert-OH is 3. The summed E-state index contributed by atoms with van der Waals surface area (Å²) in [6.45, 7) is 3.72. The van der Waals surface area contributed by atoms with Crippen molar-refractivity contribution in [3.8, 4) is 0 Å². The third-order valence-corrected chi connectivity index (χ3v) is 13.1. The lowest BCUT2D eigenvalue weighted by atomic mass is 10.00. The molecule has 0 radical (unpaired) electrons. The van der Waals surface area contributed by atoms with Gasteiger partial charge in [-0.15, -0.1) is 0 Å². The molecule has 396 valence electrons. The van der Waals surface area contributed by atoms with E-state index >= 15 is 0 Å². The number of unbranched alkanes of at least 4 members (excludes halogenated alkanes) is 26. The summed E-state index contributed by atoms with van der Waals surface area (Å²) in [6.07, 6.45) is 45.9. The number of esters is 2. The molecule has 0 aromatic heterocycles. The van der Waals surface area contributed by atoms with Crippen LogP contribution in [-0.4, -0.2) is 96.0 Å². The van der Waals surface area contributed by atoms with Gasteiger partial charge in [-0.05, 0) is 70.6 Å². The van der Waals surface area contributed by atoms with Crippen molar-refractivity contribution in [2.24, 2.45) is 0 Å². The second-order valence-corrected chi connectivity index (χ2v) is 20.4. The quantitative estimate of drug-likeness (QED) is 0.0196. The summed E-state index contributed by atoms with van der Waals surface area (Å²) in [6, 6.07) is 0. The molecule has 0 aliphatic carbocycles. The van der Waals surface area contributed by atoms with Crippen molar-refractivity contribution in [3.05, 3.63) is 48.6 Å². The largest absolute Gasteiger partial charge is 0.462 e. The van der Waals surface area contributed by atoms with Crippen LogP contribution in [0.4, 0.5) is 0 Å². The standard InChI is InChI=1S/C55H98O12S/c1-3-5-7-9-11-13-15-17-19-21-22-23-24-25-26-28-29-31-33-35-37-39-41-43-50(56)64-45-48(46-65-55-54(60)53(59)52(58)49(67-55)47-68(61,62)63)66-51(57)44-42-40-38-36-34-32-30-27-20-18-16-14-12-10-8-6-4-2/h12,14,18,20,30,32,35,37,48-49,52-55,58-60H,3-11,13,15-17,19,21-29,31,33-34,36,38-47H2,1-2H3,(H,61,62,63)/b14-12+,20-18+,32-30+,37-35+/t48-,49-,52-,53?,54?,55+/m1/s1. The molecule has 1 saturated heterocycles. The zero-order chi connectivity index (χ0) is 49.8. The Labute approximate surface area is 413 Å². The average molecular weight is 983 g/mol. The molecular formula is C55H98O12S. The average Bonchev–Trinajstić information content (AvgIpc) is 3.31. The molecule has 1 aliphatic heterocycles.